The van der Waals surface area contributed by atoms with Gasteiger partial charge in [-0.05, 0) is 0 Å². The van der Waals surface area contributed by atoms with Gasteiger partial charge in [-0.1, -0.05) is 0 Å². The van der Waals surface area contributed by atoms with Gasteiger partial charge in [0.25, 0.3) is 0 Å². The molecule has 0 unspecified atom stereocenters. The Hall–Kier alpha value is -1.80. The number of hydrogen-bond donors (Lipinski definition) is 2. The maximum Gasteiger partial charge on any atom is 0.305 e. The molecular formula is C10H14N4O4. The summed E-state index contributed by atoms with van der Waals surface area (Å²) in [6.07, 6.45) is 3.35. The first-order chi connectivity index (χ1) is 8.59. The highest BCUT2D eigenvalue weighted by molar-refractivity contribution is 5.31. The fourth-order valence-electron chi connectivity index (χ4n) is 1.68. The third kappa shape index (κ3) is 3.11. The second-order valence-electron chi connectivity index (χ2n) is 4.21. The highest BCUT2D eigenvalue weighted by atomic mass is 16.6. The van der Waals surface area contributed by atoms with E-state index in [4.69, 9.17) is 4.74 Å². The van der Waals surface area contributed by atoms with Gasteiger partial charge in [-0.15, -0.1) is 0 Å². The summed E-state index contributed by atoms with van der Waals surface area (Å²) in [6.45, 7) is 1.35. The molecule has 2 N–H and O–H groups in total. The second-order valence-corrected chi connectivity index (χ2v) is 4.21. The number of aliphatic hydroxyl groups is 1. The van der Waals surface area contributed by atoms with Gasteiger partial charge in [0, 0.05) is 32.6 Å². The van der Waals surface area contributed by atoms with Crippen LogP contribution in [0.1, 0.15) is 12.8 Å². The van der Waals surface area contributed by atoms with Crippen LogP contribution in [0.25, 0.3) is 0 Å². The molecule has 8 nitrogen and oxygen atoms in total. The van der Waals surface area contributed by atoms with Crippen molar-refractivity contribution in [3.05, 3.63) is 22.5 Å². The summed E-state index contributed by atoms with van der Waals surface area (Å²) in [5.74, 6) is 0.264. The van der Waals surface area contributed by atoms with E-state index >= 15 is 0 Å². The van der Waals surface area contributed by atoms with Crippen LogP contribution in [0.2, 0.25) is 0 Å². The molecule has 0 saturated carbocycles. The largest absolute Gasteiger partial charge is 0.388 e. The number of nitrogens with one attached hydrogen (secondary N) is 1. The van der Waals surface area contributed by atoms with Crippen molar-refractivity contribution in [3.63, 3.8) is 0 Å². The Bertz CT molecular complexity index is 416. The van der Waals surface area contributed by atoms with E-state index in [0.29, 0.717) is 32.6 Å². The maximum absolute atomic E-state index is 10.4. The van der Waals surface area contributed by atoms with Crippen LogP contribution < -0.4 is 5.32 Å². The van der Waals surface area contributed by atoms with E-state index in [-0.39, 0.29) is 11.6 Å². The van der Waals surface area contributed by atoms with Crippen molar-refractivity contribution in [1.82, 2.24) is 9.97 Å². The van der Waals surface area contributed by atoms with Crippen molar-refractivity contribution < 1.29 is 14.8 Å². The molecular weight excluding hydrogens is 240 g/mol. The Morgan fingerprint density at radius 3 is 2.61 bits per heavy atom. The molecule has 8 heteroatoms. The smallest absolute Gasteiger partial charge is 0.305 e. The van der Waals surface area contributed by atoms with Crippen LogP contribution in [-0.4, -0.2) is 45.4 Å². The van der Waals surface area contributed by atoms with Crippen LogP contribution in [0.15, 0.2) is 12.4 Å². The molecule has 1 aromatic rings. The lowest BCUT2D eigenvalue weighted by atomic mass is 9.94. The van der Waals surface area contributed by atoms with Crippen molar-refractivity contribution in [2.75, 3.05) is 25.1 Å². The van der Waals surface area contributed by atoms with Crippen molar-refractivity contribution in [2.45, 2.75) is 18.4 Å². The average molecular weight is 254 g/mol. The van der Waals surface area contributed by atoms with E-state index in [1.54, 1.807) is 0 Å². The molecule has 2 heterocycles. The molecule has 1 saturated heterocycles. The predicted octanol–water partition coefficient (Wildman–Crippen LogP) is 0.338. The molecule has 1 aliphatic heterocycles. The topological polar surface area (TPSA) is 110 Å². The van der Waals surface area contributed by atoms with Gasteiger partial charge < -0.3 is 15.2 Å². The van der Waals surface area contributed by atoms with Crippen molar-refractivity contribution in [1.29, 1.82) is 0 Å². The molecule has 0 spiro atoms. The van der Waals surface area contributed by atoms with E-state index in [9.17, 15) is 15.2 Å². The lowest BCUT2D eigenvalue weighted by Gasteiger charge is -2.31. The van der Waals surface area contributed by atoms with Crippen LogP contribution in [0.5, 0.6) is 0 Å². The summed E-state index contributed by atoms with van der Waals surface area (Å²) in [4.78, 5) is 17.5. The van der Waals surface area contributed by atoms with Gasteiger partial charge >= 0.3 is 5.69 Å². The minimum atomic E-state index is -0.830. The first-order valence-corrected chi connectivity index (χ1v) is 5.59. The zero-order valence-electron chi connectivity index (χ0n) is 9.70. The summed E-state index contributed by atoms with van der Waals surface area (Å²) in [6, 6.07) is 0. The van der Waals surface area contributed by atoms with Crippen LogP contribution in [-0.2, 0) is 4.74 Å². The Balaban J connectivity index is 1.91. The standard InChI is InChI=1S/C10H14N4O4/c15-10(1-3-18-4-2-10)7-13-9-11-5-8(6-12-9)14(16)17/h5-6,15H,1-4,7H2,(H,11,12,13). The molecule has 0 radical (unpaired) electrons. The van der Waals surface area contributed by atoms with Gasteiger partial charge in [-0.25, -0.2) is 9.97 Å². The summed E-state index contributed by atoms with van der Waals surface area (Å²) in [5.41, 5.74) is -0.992. The van der Waals surface area contributed by atoms with Crippen LogP contribution in [0, 0.1) is 10.1 Å². The highest BCUT2D eigenvalue weighted by Crippen LogP contribution is 2.20. The lowest BCUT2D eigenvalue weighted by Crippen LogP contribution is -2.42. The normalized spacial score (nSPS) is 18.3. The van der Waals surface area contributed by atoms with E-state index in [1.165, 1.54) is 0 Å². The third-order valence-corrected chi connectivity index (χ3v) is 2.85. The van der Waals surface area contributed by atoms with Gasteiger partial charge in [-0.3, -0.25) is 10.1 Å². The maximum atomic E-state index is 10.4. The van der Waals surface area contributed by atoms with Crippen LogP contribution in [0.4, 0.5) is 11.6 Å². The lowest BCUT2D eigenvalue weighted by molar-refractivity contribution is -0.385. The van der Waals surface area contributed by atoms with Gasteiger partial charge in [0.05, 0.1) is 10.5 Å². The first-order valence-electron chi connectivity index (χ1n) is 5.59. The zero-order valence-corrected chi connectivity index (χ0v) is 9.70. The Morgan fingerprint density at radius 1 is 1.44 bits per heavy atom. The van der Waals surface area contributed by atoms with E-state index in [0.717, 1.165) is 12.4 Å². The molecule has 0 bridgehead atoms. The summed E-state index contributed by atoms with van der Waals surface area (Å²) < 4.78 is 5.17. The molecule has 0 atom stereocenters. The molecule has 0 amide bonds. The zero-order chi connectivity index (χ0) is 13.0. The summed E-state index contributed by atoms with van der Waals surface area (Å²) in [7, 11) is 0. The fraction of sp³-hybridized carbons (Fsp3) is 0.600. The minimum absolute atomic E-state index is 0.162. The van der Waals surface area contributed by atoms with Crippen molar-refractivity contribution >= 4 is 11.6 Å². The third-order valence-electron chi connectivity index (χ3n) is 2.85. The SMILES string of the molecule is O=[N+]([O-])c1cnc(NCC2(O)CCOCC2)nc1. The molecule has 2 rings (SSSR count). The number of hydrogen-bond acceptors (Lipinski definition) is 7. The Morgan fingerprint density at radius 2 is 2.06 bits per heavy atom. The number of anilines is 1. The van der Waals surface area contributed by atoms with E-state index in [1.807, 2.05) is 0 Å². The number of aromatic nitrogens is 2. The molecule has 18 heavy (non-hydrogen) atoms. The highest BCUT2D eigenvalue weighted by Gasteiger charge is 2.29. The Labute approximate surface area is 103 Å². The number of nitrogens with zero attached hydrogens (tertiary/aromatic N) is 3. The molecule has 1 aliphatic rings. The number of nitro groups is 1. The Kier molecular flexibility index (Phi) is 3.68. The van der Waals surface area contributed by atoms with E-state index in [2.05, 4.69) is 15.3 Å². The van der Waals surface area contributed by atoms with Gasteiger partial charge in [0.2, 0.25) is 5.95 Å². The van der Waals surface area contributed by atoms with Crippen molar-refractivity contribution in [3.8, 4) is 0 Å². The molecule has 0 aliphatic carbocycles. The van der Waals surface area contributed by atoms with Gasteiger partial charge in [0.15, 0.2) is 0 Å². The summed E-state index contributed by atoms with van der Waals surface area (Å²) in [5, 5.41) is 23.5. The monoisotopic (exact) mass is 254 g/mol. The van der Waals surface area contributed by atoms with Crippen molar-refractivity contribution in [2.24, 2.45) is 0 Å². The molecule has 98 valence electrons. The average Bonchev–Trinajstić information content (AvgIpc) is 2.38. The molecule has 1 aromatic heterocycles. The van der Waals surface area contributed by atoms with E-state index < -0.39 is 10.5 Å². The first kappa shape index (κ1) is 12.7. The molecule has 1 fully saturated rings. The quantitative estimate of drug-likeness (QED) is 0.588. The summed E-state index contributed by atoms with van der Waals surface area (Å²) >= 11 is 0. The van der Waals surface area contributed by atoms with Gasteiger partial charge in [0.1, 0.15) is 12.4 Å². The van der Waals surface area contributed by atoms with Crippen LogP contribution >= 0.6 is 0 Å². The minimum Gasteiger partial charge on any atom is -0.388 e. The van der Waals surface area contributed by atoms with Gasteiger partial charge in [-0.2, -0.15) is 0 Å². The second kappa shape index (κ2) is 5.23. The fourth-order valence-corrected chi connectivity index (χ4v) is 1.68. The predicted molar refractivity (Wildman–Crippen MR) is 62.2 cm³/mol. The molecule has 0 aromatic carbocycles. The number of ether oxygens (including phenoxy) is 1. The van der Waals surface area contributed by atoms with Crippen LogP contribution in [0.3, 0.4) is 0 Å². The number of rotatable bonds is 4.